The van der Waals surface area contributed by atoms with E-state index >= 15 is 0 Å². The van der Waals surface area contributed by atoms with Crippen LogP contribution in [0.2, 0.25) is 0 Å². The molecular weight excluding hydrogens is 354 g/mol. The van der Waals surface area contributed by atoms with Crippen LogP contribution in [-0.4, -0.2) is 43.9 Å². The smallest absolute Gasteiger partial charge is 0.244 e. The Morgan fingerprint density at radius 2 is 1.89 bits per heavy atom. The van der Waals surface area contributed by atoms with E-state index in [0.29, 0.717) is 29.4 Å². The first kappa shape index (κ1) is 15.2. The molecule has 5 nitrogen and oxygen atoms in total. The van der Waals surface area contributed by atoms with Crippen molar-refractivity contribution in [1.29, 1.82) is 0 Å². The number of fused-ring (bicyclic) bond motifs is 1. The summed E-state index contributed by atoms with van der Waals surface area (Å²) in [5, 5.41) is 3.30. The molecule has 0 radical (unpaired) electrons. The Kier molecular flexibility index (Phi) is 4.52. The van der Waals surface area contributed by atoms with E-state index in [1.165, 1.54) is 6.20 Å². The van der Waals surface area contributed by atoms with Crippen molar-refractivity contribution in [2.75, 3.05) is 26.2 Å². The molecule has 1 aromatic heterocycles. The van der Waals surface area contributed by atoms with Crippen LogP contribution in [0.5, 0.6) is 0 Å². The van der Waals surface area contributed by atoms with Gasteiger partial charge in [0.2, 0.25) is 10.0 Å². The molecule has 0 bridgehead atoms. The van der Waals surface area contributed by atoms with Gasteiger partial charge in [-0.1, -0.05) is 0 Å². The van der Waals surface area contributed by atoms with Gasteiger partial charge in [-0.15, -0.1) is 12.4 Å². The van der Waals surface area contributed by atoms with Gasteiger partial charge in [0.1, 0.15) is 4.90 Å². The van der Waals surface area contributed by atoms with E-state index < -0.39 is 10.0 Å². The molecule has 2 aliphatic heterocycles. The molecule has 19 heavy (non-hydrogen) atoms. The van der Waals surface area contributed by atoms with Crippen LogP contribution in [0.3, 0.4) is 0 Å². The fourth-order valence-corrected chi connectivity index (χ4v) is 4.75. The Bertz CT molecular complexity index is 557. The average molecular weight is 369 g/mol. The van der Waals surface area contributed by atoms with Gasteiger partial charge in [-0.25, -0.2) is 8.42 Å². The third kappa shape index (κ3) is 2.80. The molecule has 0 unspecified atom stereocenters. The predicted octanol–water partition coefficient (Wildman–Crippen LogP) is 1.11. The zero-order chi connectivity index (χ0) is 12.8. The summed E-state index contributed by atoms with van der Waals surface area (Å²) in [5.41, 5.74) is 0. The molecule has 0 saturated carbocycles. The number of pyridine rings is 1. The lowest BCUT2D eigenvalue weighted by molar-refractivity contribution is 0.447. The monoisotopic (exact) mass is 367 g/mol. The average Bonchev–Trinajstić information content (AvgIpc) is 2.89. The lowest BCUT2D eigenvalue weighted by Gasteiger charge is -2.17. The van der Waals surface area contributed by atoms with Crippen LogP contribution < -0.4 is 5.32 Å². The normalized spacial score (nSPS) is 27.0. The summed E-state index contributed by atoms with van der Waals surface area (Å²) in [6, 6.07) is 1.61. The number of hydrogen-bond acceptors (Lipinski definition) is 4. The summed E-state index contributed by atoms with van der Waals surface area (Å²) in [6.07, 6.45) is 2.99. The van der Waals surface area contributed by atoms with Gasteiger partial charge in [0, 0.05) is 30.0 Å². The minimum absolute atomic E-state index is 0. The highest BCUT2D eigenvalue weighted by Crippen LogP contribution is 2.30. The Hall–Kier alpha value is -0.210. The maximum atomic E-state index is 12.5. The first-order chi connectivity index (χ1) is 8.57. The summed E-state index contributed by atoms with van der Waals surface area (Å²) >= 11 is 3.26. The molecule has 8 heteroatoms. The van der Waals surface area contributed by atoms with Gasteiger partial charge in [-0.05, 0) is 46.9 Å². The molecule has 1 N–H and O–H groups in total. The van der Waals surface area contributed by atoms with Crippen molar-refractivity contribution in [3.63, 3.8) is 0 Å². The summed E-state index contributed by atoms with van der Waals surface area (Å²) < 4.78 is 27.2. The van der Waals surface area contributed by atoms with Gasteiger partial charge in [0.25, 0.3) is 0 Å². The topological polar surface area (TPSA) is 62.3 Å². The molecule has 0 aromatic carbocycles. The molecule has 0 spiro atoms. The molecule has 0 aliphatic carbocycles. The fraction of sp³-hybridized carbons (Fsp3) is 0.545. The molecule has 1 aromatic rings. The van der Waals surface area contributed by atoms with Crippen LogP contribution in [0.15, 0.2) is 27.8 Å². The second-order valence-corrected chi connectivity index (χ2v) is 7.69. The van der Waals surface area contributed by atoms with Gasteiger partial charge in [-0.2, -0.15) is 4.31 Å². The highest BCUT2D eigenvalue weighted by Gasteiger charge is 2.41. The quantitative estimate of drug-likeness (QED) is 0.849. The number of nitrogens with zero attached hydrogens (tertiary/aromatic N) is 2. The van der Waals surface area contributed by atoms with Crippen LogP contribution in [-0.2, 0) is 10.0 Å². The van der Waals surface area contributed by atoms with Gasteiger partial charge < -0.3 is 5.32 Å². The van der Waals surface area contributed by atoms with Crippen molar-refractivity contribution in [1.82, 2.24) is 14.6 Å². The number of sulfonamides is 1. The summed E-state index contributed by atoms with van der Waals surface area (Å²) in [5.74, 6) is 0.916. The van der Waals surface area contributed by atoms with Crippen molar-refractivity contribution in [3.8, 4) is 0 Å². The molecule has 2 atom stereocenters. The van der Waals surface area contributed by atoms with E-state index in [-0.39, 0.29) is 17.3 Å². The van der Waals surface area contributed by atoms with E-state index in [4.69, 9.17) is 0 Å². The lowest BCUT2D eigenvalue weighted by atomic mass is 10.0. The highest BCUT2D eigenvalue weighted by atomic mass is 79.9. The third-order valence-corrected chi connectivity index (χ3v) is 5.90. The van der Waals surface area contributed by atoms with Crippen LogP contribution in [0, 0.1) is 11.8 Å². The minimum atomic E-state index is -3.39. The standard InChI is InChI=1S/C11H14BrN3O2S.ClH/c12-10-1-11(5-14-4-10)18(16,17)15-6-8-2-13-3-9(8)7-15;/h1,4-5,8-9,13H,2-3,6-7H2;1H/t8-,9+;. The molecule has 2 aliphatic rings. The number of aromatic nitrogens is 1. The first-order valence-corrected chi connectivity index (χ1v) is 8.12. The van der Waals surface area contributed by atoms with E-state index in [1.54, 1.807) is 16.6 Å². The molecule has 0 amide bonds. The fourth-order valence-electron chi connectivity index (χ4n) is 2.69. The van der Waals surface area contributed by atoms with Crippen molar-refractivity contribution in [2.24, 2.45) is 11.8 Å². The van der Waals surface area contributed by atoms with Gasteiger partial charge in [0.15, 0.2) is 0 Å². The zero-order valence-corrected chi connectivity index (χ0v) is 13.3. The SMILES string of the molecule is Cl.O=S(=O)(c1cncc(Br)c1)N1C[C@H]2CNC[C@H]2C1. The Balaban J connectivity index is 0.00000133. The number of halogens is 2. The van der Waals surface area contributed by atoms with Crippen LogP contribution in [0.4, 0.5) is 0 Å². The van der Waals surface area contributed by atoms with Gasteiger partial charge in [0.05, 0.1) is 0 Å². The second-order valence-electron chi connectivity index (χ2n) is 4.84. The van der Waals surface area contributed by atoms with E-state index in [0.717, 1.165) is 13.1 Å². The van der Waals surface area contributed by atoms with E-state index in [2.05, 4.69) is 26.2 Å². The molecule has 106 valence electrons. The highest BCUT2D eigenvalue weighted by molar-refractivity contribution is 9.10. The Labute approximate surface area is 127 Å². The minimum Gasteiger partial charge on any atom is -0.316 e. The van der Waals surface area contributed by atoms with Gasteiger partial charge >= 0.3 is 0 Å². The second kappa shape index (κ2) is 5.65. The van der Waals surface area contributed by atoms with Crippen molar-refractivity contribution in [2.45, 2.75) is 4.90 Å². The zero-order valence-electron chi connectivity index (χ0n) is 10.1. The summed E-state index contributed by atoms with van der Waals surface area (Å²) in [4.78, 5) is 4.20. The molecular formula is C11H15BrClN3O2S. The molecule has 2 saturated heterocycles. The third-order valence-electron chi connectivity index (χ3n) is 3.67. The Morgan fingerprint density at radius 3 is 2.47 bits per heavy atom. The Morgan fingerprint density at radius 1 is 1.26 bits per heavy atom. The van der Waals surface area contributed by atoms with Crippen molar-refractivity contribution in [3.05, 3.63) is 22.9 Å². The molecule has 3 rings (SSSR count). The van der Waals surface area contributed by atoms with Crippen molar-refractivity contribution < 1.29 is 8.42 Å². The predicted molar refractivity (Wildman–Crippen MR) is 77.8 cm³/mol. The van der Waals surface area contributed by atoms with Crippen LogP contribution in [0.25, 0.3) is 0 Å². The van der Waals surface area contributed by atoms with E-state index in [9.17, 15) is 8.42 Å². The van der Waals surface area contributed by atoms with Crippen LogP contribution in [0.1, 0.15) is 0 Å². The first-order valence-electron chi connectivity index (χ1n) is 5.89. The summed E-state index contributed by atoms with van der Waals surface area (Å²) in [6.45, 7) is 3.08. The van der Waals surface area contributed by atoms with Gasteiger partial charge in [-0.3, -0.25) is 4.98 Å². The molecule has 2 fully saturated rings. The number of nitrogens with one attached hydrogen (secondary N) is 1. The number of hydrogen-bond donors (Lipinski definition) is 1. The lowest BCUT2D eigenvalue weighted by Crippen LogP contribution is -2.32. The van der Waals surface area contributed by atoms with Crippen LogP contribution >= 0.6 is 28.3 Å². The summed E-state index contributed by atoms with van der Waals surface area (Å²) in [7, 11) is -3.39. The largest absolute Gasteiger partial charge is 0.316 e. The molecule has 3 heterocycles. The maximum Gasteiger partial charge on any atom is 0.244 e. The van der Waals surface area contributed by atoms with E-state index in [1.807, 2.05) is 0 Å². The van der Waals surface area contributed by atoms with Crippen molar-refractivity contribution >= 4 is 38.4 Å². The maximum absolute atomic E-state index is 12.5. The number of rotatable bonds is 2.